The number of carbonyl (C=O) groups is 3. The monoisotopic (exact) mass is 330 g/mol. The summed E-state index contributed by atoms with van der Waals surface area (Å²) >= 11 is 0. The van der Waals surface area contributed by atoms with E-state index < -0.39 is 11.9 Å². The lowest BCUT2D eigenvalue weighted by atomic mass is 10.1. The molecule has 0 atom stereocenters. The number of rotatable bonds is 7. The molecular formula is C17H18N2O5. The SMILES string of the molecule is CC(=O)Nc1ccc(CC(=O)OCC(=O)NCc2ccco2)cc1. The summed E-state index contributed by atoms with van der Waals surface area (Å²) < 4.78 is 9.99. The zero-order valence-corrected chi connectivity index (χ0v) is 13.2. The van der Waals surface area contributed by atoms with Crippen molar-refractivity contribution in [3.8, 4) is 0 Å². The van der Waals surface area contributed by atoms with Gasteiger partial charge in [0.05, 0.1) is 19.2 Å². The number of hydrogen-bond acceptors (Lipinski definition) is 5. The molecule has 1 aromatic heterocycles. The van der Waals surface area contributed by atoms with Crippen LogP contribution < -0.4 is 10.6 Å². The van der Waals surface area contributed by atoms with Crippen LogP contribution >= 0.6 is 0 Å². The second-order valence-electron chi connectivity index (χ2n) is 5.07. The third-order valence-corrected chi connectivity index (χ3v) is 3.03. The number of ether oxygens (including phenoxy) is 1. The maximum absolute atomic E-state index is 11.7. The first-order chi connectivity index (χ1) is 11.5. The second-order valence-corrected chi connectivity index (χ2v) is 5.07. The van der Waals surface area contributed by atoms with Crippen molar-refractivity contribution in [3.63, 3.8) is 0 Å². The Morgan fingerprint density at radius 3 is 2.50 bits per heavy atom. The van der Waals surface area contributed by atoms with E-state index in [4.69, 9.17) is 9.15 Å². The molecule has 7 nitrogen and oxygen atoms in total. The van der Waals surface area contributed by atoms with Crippen molar-refractivity contribution in [2.45, 2.75) is 19.9 Å². The van der Waals surface area contributed by atoms with Crippen molar-refractivity contribution in [1.82, 2.24) is 5.32 Å². The zero-order chi connectivity index (χ0) is 17.4. The molecule has 0 aliphatic heterocycles. The van der Waals surface area contributed by atoms with Crippen LogP contribution in [-0.4, -0.2) is 24.4 Å². The summed E-state index contributed by atoms with van der Waals surface area (Å²) in [6, 6.07) is 10.3. The van der Waals surface area contributed by atoms with Crippen LogP contribution in [-0.2, 0) is 32.1 Å². The van der Waals surface area contributed by atoms with Gasteiger partial charge in [0, 0.05) is 12.6 Å². The largest absolute Gasteiger partial charge is 0.467 e. The molecule has 24 heavy (non-hydrogen) atoms. The molecule has 2 N–H and O–H groups in total. The molecule has 0 bridgehead atoms. The molecule has 2 aromatic rings. The lowest BCUT2D eigenvalue weighted by Crippen LogP contribution is -2.28. The van der Waals surface area contributed by atoms with Crippen molar-refractivity contribution < 1.29 is 23.5 Å². The van der Waals surface area contributed by atoms with Gasteiger partial charge in [0.25, 0.3) is 5.91 Å². The minimum atomic E-state index is -0.504. The molecule has 2 rings (SSSR count). The van der Waals surface area contributed by atoms with Gasteiger partial charge in [0.1, 0.15) is 5.76 Å². The Balaban J connectivity index is 1.70. The number of carbonyl (C=O) groups excluding carboxylic acids is 3. The summed E-state index contributed by atoms with van der Waals surface area (Å²) in [4.78, 5) is 34.2. The highest BCUT2D eigenvalue weighted by atomic mass is 16.5. The normalized spacial score (nSPS) is 10.0. The van der Waals surface area contributed by atoms with Crippen LogP contribution in [0.1, 0.15) is 18.2 Å². The van der Waals surface area contributed by atoms with Gasteiger partial charge in [-0.3, -0.25) is 14.4 Å². The van der Waals surface area contributed by atoms with Crippen molar-refractivity contribution in [2.75, 3.05) is 11.9 Å². The van der Waals surface area contributed by atoms with Gasteiger partial charge < -0.3 is 19.8 Å². The number of amides is 2. The molecule has 0 radical (unpaired) electrons. The highest BCUT2D eigenvalue weighted by Crippen LogP contribution is 2.10. The highest BCUT2D eigenvalue weighted by molar-refractivity contribution is 5.88. The minimum absolute atomic E-state index is 0.0474. The standard InChI is InChI=1S/C17H18N2O5/c1-12(20)19-14-6-4-13(5-7-14)9-17(22)24-11-16(21)18-10-15-3-2-8-23-15/h2-8H,9-11H2,1H3,(H,18,21)(H,19,20). The first kappa shape index (κ1) is 17.3. The van der Waals surface area contributed by atoms with Gasteiger partial charge >= 0.3 is 5.97 Å². The zero-order valence-electron chi connectivity index (χ0n) is 13.2. The number of anilines is 1. The number of furan rings is 1. The smallest absolute Gasteiger partial charge is 0.310 e. The molecule has 0 saturated carbocycles. The average Bonchev–Trinajstić information content (AvgIpc) is 3.06. The quantitative estimate of drug-likeness (QED) is 0.752. The lowest BCUT2D eigenvalue weighted by molar-refractivity contribution is -0.147. The molecule has 0 spiro atoms. The van der Waals surface area contributed by atoms with Gasteiger partial charge in [0.15, 0.2) is 6.61 Å². The Hall–Kier alpha value is -3.09. The highest BCUT2D eigenvalue weighted by Gasteiger charge is 2.09. The summed E-state index contributed by atoms with van der Waals surface area (Å²) in [7, 11) is 0. The molecular weight excluding hydrogens is 312 g/mol. The molecule has 0 aliphatic rings. The van der Waals surface area contributed by atoms with Crippen molar-refractivity contribution in [3.05, 3.63) is 54.0 Å². The van der Waals surface area contributed by atoms with Gasteiger partial charge in [-0.1, -0.05) is 12.1 Å². The molecule has 0 fully saturated rings. The number of esters is 1. The Morgan fingerprint density at radius 1 is 1.12 bits per heavy atom. The van der Waals surface area contributed by atoms with E-state index in [1.807, 2.05) is 0 Å². The van der Waals surface area contributed by atoms with Gasteiger partial charge in [-0.05, 0) is 29.8 Å². The number of hydrogen-bond donors (Lipinski definition) is 2. The fourth-order valence-electron chi connectivity index (χ4n) is 1.92. The van der Waals surface area contributed by atoms with E-state index in [9.17, 15) is 14.4 Å². The predicted octanol–water partition coefficient (Wildman–Crippen LogP) is 1.64. The average molecular weight is 330 g/mol. The topological polar surface area (TPSA) is 97.6 Å². The first-order valence-electron chi connectivity index (χ1n) is 7.34. The van der Waals surface area contributed by atoms with Crippen LogP contribution in [0.15, 0.2) is 47.1 Å². The van der Waals surface area contributed by atoms with Crippen LogP contribution in [0.25, 0.3) is 0 Å². The van der Waals surface area contributed by atoms with Gasteiger partial charge in [0.2, 0.25) is 5.91 Å². The summed E-state index contributed by atoms with van der Waals surface area (Å²) in [6.45, 7) is 1.32. The van der Waals surface area contributed by atoms with Crippen LogP contribution in [0.5, 0.6) is 0 Å². The first-order valence-corrected chi connectivity index (χ1v) is 7.34. The predicted molar refractivity (Wildman–Crippen MR) is 86.0 cm³/mol. The summed E-state index contributed by atoms with van der Waals surface area (Å²) in [5.41, 5.74) is 1.38. The third-order valence-electron chi connectivity index (χ3n) is 3.03. The molecule has 1 aromatic carbocycles. The molecule has 0 unspecified atom stereocenters. The Bertz CT molecular complexity index is 692. The van der Waals surface area contributed by atoms with Gasteiger partial charge in [-0.2, -0.15) is 0 Å². The molecule has 7 heteroatoms. The summed E-state index contributed by atoms with van der Waals surface area (Å²) in [5.74, 6) is -0.451. The van der Waals surface area contributed by atoms with E-state index >= 15 is 0 Å². The maximum Gasteiger partial charge on any atom is 0.310 e. The Labute approximate surface area is 139 Å². The molecule has 126 valence electrons. The van der Waals surface area contributed by atoms with Crippen molar-refractivity contribution in [2.24, 2.45) is 0 Å². The number of nitrogens with one attached hydrogen (secondary N) is 2. The van der Waals surface area contributed by atoms with E-state index in [1.54, 1.807) is 36.4 Å². The lowest BCUT2D eigenvalue weighted by Gasteiger charge is -2.06. The minimum Gasteiger partial charge on any atom is -0.467 e. The third kappa shape index (κ3) is 5.96. The van der Waals surface area contributed by atoms with Gasteiger partial charge in [-0.25, -0.2) is 0 Å². The number of benzene rings is 1. The van der Waals surface area contributed by atoms with Crippen molar-refractivity contribution >= 4 is 23.5 Å². The van der Waals surface area contributed by atoms with E-state index in [2.05, 4.69) is 10.6 Å². The molecule has 1 heterocycles. The van der Waals surface area contributed by atoms with Crippen LogP contribution in [0.2, 0.25) is 0 Å². The van der Waals surface area contributed by atoms with E-state index in [-0.39, 0.29) is 25.5 Å². The van der Waals surface area contributed by atoms with Crippen LogP contribution in [0.4, 0.5) is 5.69 Å². The molecule has 2 amide bonds. The maximum atomic E-state index is 11.7. The molecule has 0 aliphatic carbocycles. The Morgan fingerprint density at radius 2 is 1.88 bits per heavy atom. The molecule has 0 saturated heterocycles. The summed E-state index contributed by atoms with van der Waals surface area (Å²) in [6.07, 6.45) is 1.56. The van der Waals surface area contributed by atoms with E-state index in [0.717, 1.165) is 5.56 Å². The Kier molecular flexibility index (Phi) is 6.13. The fourth-order valence-corrected chi connectivity index (χ4v) is 1.92. The van der Waals surface area contributed by atoms with Crippen LogP contribution in [0, 0.1) is 0 Å². The van der Waals surface area contributed by atoms with Gasteiger partial charge in [-0.15, -0.1) is 0 Å². The fraction of sp³-hybridized carbons (Fsp3) is 0.235. The van der Waals surface area contributed by atoms with Crippen LogP contribution in [0.3, 0.4) is 0 Å². The second kappa shape index (κ2) is 8.52. The van der Waals surface area contributed by atoms with E-state index in [1.165, 1.54) is 13.2 Å². The van der Waals surface area contributed by atoms with E-state index in [0.29, 0.717) is 11.4 Å². The summed E-state index contributed by atoms with van der Waals surface area (Å²) in [5, 5.41) is 5.22. The van der Waals surface area contributed by atoms with Crippen molar-refractivity contribution in [1.29, 1.82) is 0 Å².